The van der Waals surface area contributed by atoms with Crippen molar-refractivity contribution in [1.29, 1.82) is 0 Å². The lowest BCUT2D eigenvalue weighted by molar-refractivity contribution is -0.167. The average Bonchev–Trinajstić information content (AvgIpc) is 3.47. The second-order valence-electron chi connectivity index (χ2n) is 22.4. The van der Waals surface area contributed by atoms with E-state index in [1.165, 1.54) is 154 Å². The van der Waals surface area contributed by atoms with Gasteiger partial charge in [0.25, 0.3) is 0 Å². The summed E-state index contributed by atoms with van der Waals surface area (Å²) in [6, 6.07) is 0. The molecular formula is C75H126O6. The van der Waals surface area contributed by atoms with Gasteiger partial charge in [-0.05, 0) is 103 Å². The van der Waals surface area contributed by atoms with Gasteiger partial charge in [0.1, 0.15) is 13.2 Å². The Kier molecular flexibility index (Phi) is 64.8. The van der Waals surface area contributed by atoms with Crippen molar-refractivity contribution in [2.24, 2.45) is 0 Å². The Morgan fingerprint density at radius 2 is 0.506 bits per heavy atom. The van der Waals surface area contributed by atoms with Gasteiger partial charge in [0, 0.05) is 19.3 Å². The van der Waals surface area contributed by atoms with Gasteiger partial charge in [-0.1, -0.05) is 316 Å². The van der Waals surface area contributed by atoms with Gasteiger partial charge in [-0.25, -0.2) is 0 Å². The molecule has 6 nitrogen and oxygen atoms in total. The zero-order chi connectivity index (χ0) is 58.5. The lowest BCUT2D eigenvalue weighted by Gasteiger charge is -2.18. The maximum absolute atomic E-state index is 12.9. The predicted molar refractivity (Wildman–Crippen MR) is 353 cm³/mol. The standard InChI is InChI=1S/C75H126O6/c1-4-7-10-13-16-19-22-24-26-28-30-32-34-35-36-37-38-39-41-42-44-46-48-50-53-56-59-62-65-68-74(77)80-71-72(70-79-73(76)67-64-61-58-55-52-21-18-15-12-9-6-3)81-75(78)69-66-63-60-57-54-51-49-47-45-43-40-33-31-29-27-25-23-20-17-14-11-8-5-2/h7,10,15-16,18-19,24,26,30,32,35-36,38-39,42,44,48,50,56,59,72H,4-6,8-9,11-14,17,20-23,25,27-29,31,33-34,37,40-41,43,45-47,49,51-55,57-58,60-71H2,1-3H3/b10-7-,18-15-,19-16-,26-24-,32-30-,36-35-,39-38-,44-42-,50-48-,59-56-. The van der Waals surface area contributed by atoms with Crippen LogP contribution in [0.15, 0.2) is 122 Å². The molecule has 0 aliphatic carbocycles. The van der Waals surface area contributed by atoms with Gasteiger partial charge in [0.2, 0.25) is 0 Å². The van der Waals surface area contributed by atoms with Crippen molar-refractivity contribution in [3.63, 3.8) is 0 Å². The van der Waals surface area contributed by atoms with Gasteiger partial charge in [-0.2, -0.15) is 0 Å². The Balaban J connectivity index is 4.36. The number of rotatable bonds is 61. The third-order valence-corrected chi connectivity index (χ3v) is 14.5. The highest BCUT2D eigenvalue weighted by Crippen LogP contribution is 2.17. The Hall–Kier alpha value is -4.19. The normalized spacial score (nSPS) is 12.9. The van der Waals surface area contributed by atoms with Crippen molar-refractivity contribution in [3.8, 4) is 0 Å². The van der Waals surface area contributed by atoms with Crippen molar-refractivity contribution in [2.45, 2.75) is 322 Å². The molecule has 6 heteroatoms. The minimum absolute atomic E-state index is 0.100. The molecule has 0 N–H and O–H groups in total. The summed E-state index contributed by atoms with van der Waals surface area (Å²) >= 11 is 0. The molecule has 1 atom stereocenters. The quantitative estimate of drug-likeness (QED) is 0.0261. The van der Waals surface area contributed by atoms with Crippen LogP contribution in [0.25, 0.3) is 0 Å². The van der Waals surface area contributed by atoms with E-state index < -0.39 is 6.10 Å². The predicted octanol–water partition coefficient (Wildman–Crippen LogP) is 23.6. The van der Waals surface area contributed by atoms with Crippen LogP contribution in [0.1, 0.15) is 316 Å². The molecule has 0 aromatic heterocycles. The first-order valence-electron chi connectivity index (χ1n) is 34.0. The summed E-state index contributed by atoms with van der Waals surface area (Å²) in [7, 11) is 0. The highest BCUT2D eigenvalue weighted by atomic mass is 16.6. The lowest BCUT2D eigenvalue weighted by atomic mass is 10.0. The lowest BCUT2D eigenvalue weighted by Crippen LogP contribution is -2.30. The molecule has 0 aromatic carbocycles. The van der Waals surface area contributed by atoms with Crippen molar-refractivity contribution < 1.29 is 28.6 Å². The van der Waals surface area contributed by atoms with Crippen LogP contribution >= 0.6 is 0 Å². The molecular weight excluding hydrogens is 997 g/mol. The molecule has 0 aliphatic rings. The van der Waals surface area contributed by atoms with Gasteiger partial charge in [-0.15, -0.1) is 0 Å². The van der Waals surface area contributed by atoms with Crippen LogP contribution in [0, 0.1) is 0 Å². The number of carbonyl (C=O) groups is 3. The fraction of sp³-hybridized carbons (Fsp3) is 0.693. The summed E-state index contributed by atoms with van der Waals surface area (Å²) < 4.78 is 16.9. The maximum atomic E-state index is 12.9. The monoisotopic (exact) mass is 1120 g/mol. The molecule has 0 rings (SSSR count). The van der Waals surface area contributed by atoms with Crippen molar-refractivity contribution in [2.75, 3.05) is 13.2 Å². The summed E-state index contributed by atoms with van der Waals surface area (Å²) in [4.78, 5) is 38.3. The van der Waals surface area contributed by atoms with E-state index in [4.69, 9.17) is 14.2 Å². The summed E-state index contributed by atoms with van der Waals surface area (Å²) in [5, 5.41) is 0. The molecule has 0 saturated heterocycles. The Morgan fingerprint density at radius 1 is 0.259 bits per heavy atom. The van der Waals surface area contributed by atoms with E-state index in [2.05, 4.69) is 142 Å². The first-order valence-corrected chi connectivity index (χ1v) is 34.0. The van der Waals surface area contributed by atoms with E-state index in [0.29, 0.717) is 19.3 Å². The summed E-state index contributed by atoms with van der Waals surface area (Å²) in [5.41, 5.74) is 0. The fourth-order valence-electron chi connectivity index (χ4n) is 9.37. The largest absolute Gasteiger partial charge is 0.462 e. The second kappa shape index (κ2) is 68.3. The zero-order valence-corrected chi connectivity index (χ0v) is 53.0. The van der Waals surface area contributed by atoms with Gasteiger partial charge >= 0.3 is 17.9 Å². The minimum atomic E-state index is -0.807. The van der Waals surface area contributed by atoms with Crippen LogP contribution in [0.5, 0.6) is 0 Å². The topological polar surface area (TPSA) is 78.9 Å². The molecule has 1 unspecified atom stereocenters. The number of ether oxygens (including phenoxy) is 3. The van der Waals surface area contributed by atoms with E-state index >= 15 is 0 Å². The maximum Gasteiger partial charge on any atom is 0.306 e. The minimum Gasteiger partial charge on any atom is -0.462 e. The number of carbonyl (C=O) groups excluding carboxylic acids is 3. The van der Waals surface area contributed by atoms with Crippen LogP contribution in [-0.4, -0.2) is 37.2 Å². The fourth-order valence-corrected chi connectivity index (χ4v) is 9.37. The Labute approximate surface area is 501 Å². The average molecular weight is 1120 g/mol. The second-order valence-corrected chi connectivity index (χ2v) is 22.4. The summed E-state index contributed by atoms with van der Waals surface area (Å²) in [6.45, 7) is 6.46. The molecule has 0 heterocycles. The van der Waals surface area contributed by atoms with Crippen LogP contribution in [-0.2, 0) is 28.6 Å². The third kappa shape index (κ3) is 66.5. The van der Waals surface area contributed by atoms with E-state index in [0.717, 1.165) is 116 Å². The van der Waals surface area contributed by atoms with Crippen molar-refractivity contribution in [3.05, 3.63) is 122 Å². The van der Waals surface area contributed by atoms with Crippen LogP contribution in [0.4, 0.5) is 0 Å². The van der Waals surface area contributed by atoms with Gasteiger partial charge < -0.3 is 14.2 Å². The third-order valence-electron chi connectivity index (χ3n) is 14.5. The molecule has 0 fully saturated rings. The molecule has 0 aromatic rings. The number of allylic oxidation sites excluding steroid dienone is 20. The highest BCUT2D eigenvalue weighted by molar-refractivity contribution is 5.71. The Morgan fingerprint density at radius 3 is 0.852 bits per heavy atom. The number of hydrogen-bond donors (Lipinski definition) is 0. The molecule has 0 bridgehead atoms. The van der Waals surface area contributed by atoms with Gasteiger partial charge in [0.05, 0.1) is 0 Å². The zero-order valence-electron chi connectivity index (χ0n) is 53.0. The first-order chi connectivity index (χ1) is 40.0. The number of esters is 3. The molecule has 462 valence electrons. The SMILES string of the molecule is CC/C=C\C/C=C\C/C=C\C/C=C\C/C=C\C/C=C\C/C=C\C/C=C\C/C=C\CCCC(=O)OCC(COC(=O)CCCCCCC/C=C\CCCC)OC(=O)CCCCCCCCCCCCCCCCCCCCCCCCC. The van der Waals surface area contributed by atoms with E-state index in [1.807, 2.05) is 0 Å². The van der Waals surface area contributed by atoms with E-state index in [9.17, 15) is 14.4 Å². The molecule has 0 amide bonds. The van der Waals surface area contributed by atoms with Crippen LogP contribution < -0.4 is 0 Å². The molecule has 0 radical (unpaired) electrons. The molecule has 81 heavy (non-hydrogen) atoms. The summed E-state index contributed by atoms with van der Waals surface area (Å²) in [6.07, 6.45) is 95.2. The number of unbranched alkanes of at least 4 members (excludes halogenated alkanes) is 30. The van der Waals surface area contributed by atoms with Crippen LogP contribution in [0.2, 0.25) is 0 Å². The van der Waals surface area contributed by atoms with Crippen LogP contribution in [0.3, 0.4) is 0 Å². The van der Waals surface area contributed by atoms with E-state index in [1.54, 1.807) is 0 Å². The first kappa shape index (κ1) is 76.8. The van der Waals surface area contributed by atoms with Crippen molar-refractivity contribution >= 4 is 17.9 Å². The van der Waals surface area contributed by atoms with Crippen molar-refractivity contribution in [1.82, 2.24) is 0 Å². The number of hydrogen-bond acceptors (Lipinski definition) is 6. The smallest absolute Gasteiger partial charge is 0.306 e. The summed E-state index contributed by atoms with van der Waals surface area (Å²) in [5.74, 6) is -0.962. The van der Waals surface area contributed by atoms with Gasteiger partial charge in [0.15, 0.2) is 6.10 Å². The molecule has 0 aliphatic heterocycles. The highest BCUT2D eigenvalue weighted by Gasteiger charge is 2.19. The van der Waals surface area contributed by atoms with E-state index in [-0.39, 0.29) is 37.5 Å². The van der Waals surface area contributed by atoms with Gasteiger partial charge in [-0.3, -0.25) is 14.4 Å². The molecule has 0 saturated carbocycles. The molecule has 0 spiro atoms. The Bertz CT molecular complexity index is 1670.